The van der Waals surface area contributed by atoms with Crippen molar-refractivity contribution in [3.8, 4) is 11.5 Å². The highest BCUT2D eigenvalue weighted by molar-refractivity contribution is 5.40. The first kappa shape index (κ1) is 14.4. The van der Waals surface area contributed by atoms with E-state index in [4.69, 9.17) is 9.47 Å². The molecule has 0 saturated heterocycles. The van der Waals surface area contributed by atoms with Gasteiger partial charge in [0.05, 0.1) is 20.0 Å². The maximum atomic E-state index is 5.88. The number of hydrogen-bond donors (Lipinski definition) is 1. The zero-order chi connectivity index (χ0) is 14.2. The molecule has 0 fully saturated rings. The number of nitrogens with one attached hydrogen (secondary N) is 1. The molecule has 0 aliphatic rings. The second kappa shape index (κ2) is 7.55. The van der Waals surface area contributed by atoms with E-state index in [1.165, 1.54) is 0 Å². The molecule has 5 nitrogen and oxygen atoms in total. The van der Waals surface area contributed by atoms with Crippen LogP contribution in [-0.4, -0.2) is 30.3 Å². The number of nitrogens with zero attached hydrogens (tertiary/aromatic N) is 2. The van der Waals surface area contributed by atoms with E-state index in [2.05, 4.69) is 10.3 Å². The maximum Gasteiger partial charge on any atom is 0.127 e. The molecule has 5 heteroatoms. The van der Waals surface area contributed by atoms with E-state index in [1.807, 2.05) is 42.3 Å². The van der Waals surface area contributed by atoms with Crippen molar-refractivity contribution in [2.24, 2.45) is 0 Å². The predicted molar refractivity (Wildman–Crippen MR) is 78.1 cm³/mol. The van der Waals surface area contributed by atoms with Crippen LogP contribution in [0.4, 0.5) is 0 Å². The standard InChI is InChI=1S/C15H21N3O2/c1-16-11-13-4-5-14(19-2)10-15(13)20-9-3-7-18-8-6-17-12-18/h4-6,8,10,12,16H,3,7,9,11H2,1-2H3. The lowest BCUT2D eigenvalue weighted by atomic mass is 10.2. The molecule has 1 aromatic carbocycles. The summed E-state index contributed by atoms with van der Waals surface area (Å²) >= 11 is 0. The molecule has 0 saturated carbocycles. The first-order chi connectivity index (χ1) is 9.83. The molecule has 2 rings (SSSR count). The van der Waals surface area contributed by atoms with Crippen LogP contribution in [0.15, 0.2) is 36.9 Å². The lowest BCUT2D eigenvalue weighted by Crippen LogP contribution is -2.09. The molecule has 0 amide bonds. The summed E-state index contributed by atoms with van der Waals surface area (Å²) in [7, 11) is 3.59. The van der Waals surface area contributed by atoms with Crippen molar-refractivity contribution in [3.05, 3.63) is 42.5 Å². The fourth-order valence-electron chi connectivity index (χ4n) is 1.98. The van der Waals surface area contributed by atoms with Gasteiger partial charge in [-0.3, -0.25) is 0 Å². The second-order valence-corrected chi connectivity index (χ2v) is 4.51. The van der Waals surface area contributed by atoms with Gasteiger partial charge in [0.15, 0.2) is 0 Å². The van der Waals surface area contributed by atoms with Crippen molar-refractivity contribution < 1.29 is 9.47 Å². The molecular formula is C15H21N3O2. The minimum absolute atomic E-state index is 0.669. The summed E-state index contributed by atoms with van der Waals surface area (Å²) in [5, 5.41) is 3.14. The number of aromatic nitrogens is 2. The third-order valence-electron chi connectivity index (χ3n) is 3.02. The Bertz CT molecular complexity index is 512. The van der Waals surface area contributed by atoms with Gasteiger partial charge in [0.1, 0.15) is 11.5 Å². The van der Waals surface area contributed by atoms with Crippen molar-refractivity contribution in [2.75, 3.05) is 20.8 Å². The van der Waals surface area contributed by atoms with Crippen LogP contribution in [-0.2, 0) is 13.1 Å². The Morgan fingerprint density at radius 3 is 2.95 bits per heavy atom. The monoisotopic (exact) mass is 275 g/mol. The fourth-order valence-corrected chi connectivity index (χ4v) is 1.98. The van der Waals surface area contributed by atoms with Crippen LogP contribution in [0.2, 0.25) is 0 Å². The summed E-state index contributed by atoms with van der Waals surface area (Å²) in [6.45, 7) is 2.36. The number of hydrogen-bond acceptors (Lipinski definition) is 4. The molecule has 0 aliphatic heterocycles. The smallest absolute Gasteiger partial charge is 0.127 e. The molecule has 1 heterocycles. The summed E-state index contributed by atoms with van der Waals surface area (Å²) in [4.78, 5) is 4.02. The summed E-state index contributed by atoms with van der Waals surface area (Å²) in [5.74, 6) is 1.69. The van der Waals surface area contributed by atoms with Crippen molar-refractivity contribution in [2.45, 2.75) is 19.5 Å². The van der Waals surface area contributed by atoms with Crippen molar-refractivity contribution >= 4 is 0 Å². The highest BCUT2D eigenvalue weighted by atomic mass is 16.5. The molecule has 0 atom stereocenters. The number of imidazole rings is 1. The molecule has 1 N–H and O–H groups in total. The second-order valence-electron chi connectivity index (χ2n) is 4.51. The van der Waals surface area contributed by atoms with Crippen LogP contribution in [0.3, 0.4) is 0 Å². The van der Waals surface area contributed by atoms with Gasteiger partial charge in [-0.15, -0.1) is 0 Å². The average molecular weight is 275 g/mol. The first-order valence-electron chi connectivity index (χ1n) is 6.73. The van der Waals surface area contributed by atoms with Crippen LogP contribution in [0.25, 0.3) is 0 Å². The summed E-state index contributed by atoms with van der Waals surface area (Å²) in [6.07, 6.45) is 6.50. The SMILES string of the molecule is CNCc1ccc(OC)cc1OCCCn1ccnc1. The zero-order valence-corrected chi connectivity index (χ0v) is 12.0. The fraction of sp³-hybridized carbons (Fsp3) is 0.400. The maximum absolute atomic E-state index is 5.88. The van der Waals surface area contributed by atoms with Gasteiger partial charge in [0, 0.05) is 37.1 Å². The Morgan fingerprint density at radius 2 is 2.25 bits per heavy atom. The first-order valence-corrected chi connectivity index (χ1v) is 6.73. The van der Waals surface area contributed by atoms with E-state index in [0.717, 1.165) is 36.6 Å². The molecule has 0 bridgehead atoms. The molecular weight excluding hydrogens is 254 g/mol. The van der Waals surface area contributed by atoms with Crippen LogP contribution >= 0.6 is 0 Å². The van der Waals surface area contributed by atoms with E-state index >= 15 is 0 Å². The Labute approximate surface area is 119 Å². The quantitative estimate of drug-likeness (QED) is 0.749. The average Bonchev–Trinajstić information content (AvgIpc) is 2.98. The van der Waals surface area contributed by atoms with Crippen LogP contribution in [0.5, 0.6) is 11.5 Å². The summed E-state index contributed by atoms with van der Waals surface area (Å²) in [6, 6.07) is 5.91. The van der Waals surface area contributed by atoms with E-state index < -0.39 is 0 Å². The minimum atomic E-state index is 0.669. The number of rotatable bonds is 8. The van der Waals surface area contributed by atoms with Gasteiger partial charge in [-0.05, 0) is 19.5 Å². The van der Waals surface area contributed by atoms with Gasteiger partial charge in [-0.2, -0.15) is 0 Å². The molecule has 1 aromatic heterocycles. The Hall–Kier alpha value is -2.01. The van der Waals surface area contributed by atoms with Crippen LogP contribution < -0.4 is 14.8 Å². The number of aryl methyl sites for hydroxylation is 1. The number of methoxy groups -OCH3 is 1. The number of benzene rings is 1. The van der Waals surface area contributed by atoms with Crippen molar-refractivity contribution in [1.82, 2.24) is 14.9 Å². The molecule has 0 unspecified atom stereocenters. The van der Waals surface area contributed by atoms with Gasteiger partial charge < -0.3 is 19.4 Å². The zero-order valence-electron chi connectivity index (χ0n) is 12.0. The van der Waals surface area contributed by atoms with Crippen LogP contribution in [0.1, 0.15) is 12.0 Å². The van der Waals surface area contributed by atoms with E-state index in [9.17, 15) is 0 Å². The third kappa shape index (κ3) is 3.99. The van der Waals surface area contributed by atoms with Gasteiger partial charge in [-0.25, -0.2) is 4.98 Å². The number of ether oxygens (including phenoxy) is 2. The molecule has 0 aliphatic carbocycles. The Balaban J connectivity index is 1.89. The van der Waals surface area contributed by atoms with Crippen LogP contribution in [0, 0.1) is 0 Å². The third-order valence-corrected chi connectivity index (χ3v) is 3.02. The molecule has 0 radical (unpaired) electrons. The summed E-state index contributed by atoms with van der Waals surface area (Å²) < 4.78 is 13.2. The van der Waals surface area contributed by atoms with Gasteiger partial charge in [0.25, 0.3) is 0 Å². The van der Waals surface area contributed by atoms with Gasteiger partial charge >= 0.3 is 0 Å². The Kier molecular flexibility index (Phi) is 5.43. The van der Waals surface area contributed by atoms with E-state index in [-0.39, 0.29) is 0 Å². The topological polar surface area (TPSA) is 48.3 Å². The highest BCUT2D eigenvalue weighted by Crippen LogP contribution is 2.25. The normalized spacial score (nSPS) is 10.5. The lowest BCUT2D eigenvalue weighted by Gasteiger charge is -2.13. The largest absolute Gasteiger partial charge is 0.497 e. The van der Waals surface area contributed by atoms with Crippen molar-refractivity contribution in [1.29, 1.82) is 0 Å². The minimum Gasteiger partial charge on any atom is -0.497 e. The van der Waals surface area contributed by atoms with Gasteiger partial charge in [-0.1, -0.05) is 6.07 Å². The molecule has 0 spiro atoms. The molecule has 2 aromatic rings. The lowest BCUT2D eigenvalue weighted by molar-refractivity contribution is 0.296. The molecule has 108 valence electrons. The van der Waals surface area contributed by atoms with E-state index in [0.29, 0.717) is 6.61 Å². The predicted octanol–water partition coefficient (Wildman–Crippen LogP) is 2.08. The van der Waals surface area contributed by atoms with Crippen molar-refractivity contribution in [3.63, 3.8) is 0 Å². The highest BCUT2D eigenvalue weighted by Gasteiger charge is 2.05. The Morgan fingerprint density at radius 1 is 1.35 bits per heavy atom. The molecule has 20 heavy (non-hydrogen) atoms. The summed E-state index contributed by atoms with van der Waals surface area (Å²) in [5.41, 5.74) is 1.14. The van der Waals surface area contributed by atoms with E-state index in [1.54, 1.807) is 13.3 Å². The van der Waals surface area contributed by atoms with Gasteiger partial charge in [0.2, 0.25) is 0 Å².